The van der Waals surface area contributed by atoms with Crippen molar-refractivity contribution in [2.45, 2.75) is 83.3 Å². The molecule has 7 heteroatoms. The molecule has 28 heavy (non-hydrogen) atoms. The van der Waals surface area contributed by atoms with Crippen LogP contribution in [0.3, 0.4) is 0 Å². The quantitative estimate of drug-likeness (QED) is 0.464. The highest BCUT2D eigenvalue weighted by atomic mass is 19.1. The van der Waals surface area contributed by atoms with Gasteiger partial charge in [0.1, 0.15) is 0 Å². The van der Waals surface area contributed by atoms with Crippen LogP contribution < -0.4 is 0 Å². The highest BCUT2D eigenvalue weighted by Crippen LogP contribution is 2.31. The number of unbranched alkanes of at least 4 members (excludes halogenated alkanes) is 9. The number of carboxylic acid groups (broad SMARTS) is 1. The third-order valence-corrected chi connectivity index (χ3v) is 4.94. The second-order valence-corrected chi connectivity index (χ2v) is 7.22. The average Bonchev–Trinajstić information content (AvgIpc) is 3.18. The number of aryl methyl sites for hydroxylation is 1. The Morgan fingerprint density at radius 3 is 2.14 bits per heavy atom. The van der Waals surface area contributed by atoms with Crippen molar-refractivity contribution in [3.8, 4) is 0 Å². The van der Waals surface area contributed by atoms with Gasteiger partial charge in [-0.1, -0.05) is 95.0 Å². The maximum atomic E-state index is 15.3. The van der Waals surface area contributed by atoms with Crippen molar-refractivity contribution in [2.24, 2.45) is 0 Å². The standard InChI is InChI=1S/C21H31FN4O2/c1-2-3-4-5-6-7-8-9-10-14-17-26-24-19(23-25-26)21(22,20(27)28)18-15-12-11-13-16-18/h11-13,15-16H,2-10,14,17H2,1H3,(H,27,28). The summed E-state index contributed by atoms with van der Waals surface area (Å²) in [5, 5.41) is 20.9. The molecule has 2 aromatic rings. The molecule has 0 aliphatic rings. The van der Waals surface area contributed by atoms with E-state index in [4.69, 9.17) is 0 Å². The Bertz CT molecular complexity index is 707. The maximum Gasteiger partial charge on any atom is 0.354 e. The smallest absolute Gasteiger partial charge is 0.354 e. The molecule has 154 valence electrons. The van der Waals surface area contributed by atoms with Crippen LogP contribution in [0.2, 0.25) is 0 Å². The van der Waals surface area contributed by atoms with E-state index in [2.05, 4.69) is 22.3 Å². The third-order valence-electron chi connectivity index (χ3n) is 4.94. The first kappa shape index (κ1) is 22.0. The van der Waals surface area contributed by atoms with Crippen molar-refractivity contribution in [3.05, 3.63) is 41.7 Å². The topological polar surface area (TPSA) is 80.9 Å². The molecule has 1 atom stereocenters. The number of hydrogen-bond acceptors (Lipinski definition) is 4. The highest BCUT2D eigenvalue weighted by Gasteiger charge is 2.47. The summed E-state index contributed by atoms with van der Waals surface area (Å²) in [5.74, 6) is -2.07. The summed E-state index contributed by atoms with van der Waals surface area (Å²) < 4.78 is 15.3. The number of rotatable bonds is 14. The fourth-order valence-corrected chi connectivity index (χ4v) is 3.23. The zero-order valence-corrected chi connectivity index (χ0v) is 16.7. The molecular formula is C21H31FN4O2. The second kappa shape index (κ2) is 11.5. The molecule has 0 saturated carbocycles. The van der Waals surface area contributed by atoms with E-state index in [1.807, 2.05) is 0 Å². The summed E-state index contributed by atoms with van der Waals surface area (Å²) in [5.41, 5.74) is -2.81. The molecule has 0 fully saturated rings. The minimum absolute atomic E-state index is 0.0130. The molecule has 1 aromatic carbocycles. The fourth-order valence-electron chi connectivity index (χ4n) is 3.23. The molecule has 0 saturated heterocycles. The normalized spacial score (nSPS) is 13.4. The minimum atomic E-state index is -2.79. The first-order valence-corrected chi connectivity index (χ1v) is 10.3. The van der Waals surface area contributed by atoms with Crippen molar-refractivity contribution in [2.75, 3.05) is 0 Å². The van der Waals surface area contributed by atoms with Crippen LogP contribution >= 0.6 is 0 Å². The van der Waals surface area contributed by atoms with Gasteiger partial charge in [-0.25, -0.2) is 9.18 Å². The third kappa shape index (κ3) is 6.11. The van der Waals surface area contributed by atoms with Crippen LogP contribution in [0.1, 0.15) is 82.5 Å². The lowest BCUT2D eigenvalue weighted by molar-refractivity contribution is -0.149. The van der Waals surface area contributed by atoms with Crippen molar-refractivity contribution < 1.29 is 14.3 Å². The number of carbonyl (C=O) groups is 1. The van der Waals surface area contributed by atoms with Gasteiger partial charge in [0.2, 0.25) is 5.82 Å². The first-order valence-electron chi connectivity index (χ1n) is 10.3. The molecule has 0 amide bonds. The number of halogens is 1. The molecular weight excluding hydrogens is 359 g/mol. The number of hydrogen-bond donors (Lipinski definition) is 1. The maximum absolute atomic E-state index is 15.3. The minimum Gasteiger partial charge on any atom is -0.478 e. The van der Waals surface area contributed by atoms with Gasteiger partial charge in [-0.3, -0.25) is 0 Å². The summed E-state index contributed by atoms with van der Waals surface area (Å²) >= 11 is 0. The van der Waals surface area contributed by atoms with E-state index < -0.39 is 17.5 Å². The molecule has 1 aromatic heterocycles. The van der Waals surface area contributed by atoms with Crippen LogP contribution in [-0.2, 0) is 17.0 Å². The molecule has 1 N–H and O–H groups in total. The van der Waals surface area contributed by atoms with Crippen molar-refractivity contribution in [3.63, 3.8) is 0 Å². The highest BCUT2D eigenvalue weighted by molar-refractivity contribution is 5.82. The number of carboxylic acids is 1. The Balaban J connectivity index is 1.77. The van der Waals surface area contributed by atoms with Crippen molar-refractivity contribution >= 4 is 5.97 Å². The van der Waals surface area contributed by atoms with Crippen LogP contribution in [0.15, 0.2) is 30.3 Å². The van der Waals surface area contributed by atoms with E-state index in [1.54, 1.807) is 18.2 Å². The predicted molar refractivity (Wildman–Crippen MR) is 106 cm³/mol. The molecule has 0 radical (unpaired) electrons. The van der Waals surface area contributed by atoms with Crippen LogP contribution in [0.25, 0.3) is 0 Å². The zero-order chi connectivity index (χ0) is 20.2. The lowest BCUT2D eigenvalue weighted by Gasteiger charge is -2.16. The van der Waals surface area contributed by atoms with E-state index in [0.29, 0.717) is 6.54 Å². The lowest BCUT2D eigenvalue weighted by atomic mass is 9.95. The van der Waals surface area contributed by atoms with Gasteiger partial charge >= 0.3 is 5.97 Å². The molecule has 2 rings (SSSR count). The Kier molecular flexibility index (Phi) is 9.04. The fraction of sp³-hybridized carbons (Fsp3) is 0.619. The molecule has 6 nitrogen and oxygen atoms in total. The number of tetrazole rings is 1. The summed E-state index contributed by atoms with van der Waals surface area (Å²) in [6.07, 6.45) is 12.1. The number of alkyl halides is 1. The first-order chi connectivity index (χ1) is 13.6. The summed E-state index contributed by atoms with van der Waals surface area (Å²) in [7, 11) is 0. The molecule has 0 aliphatic carbocycles. The van der Waals surface area contributed by atoms with Gasteiger partial charge in [-0.15, -0.1) is 10.2 Å². The van der Waals surface area contributed by atoms with Crippen LogP contribution in [0, 0.1) is 0 Å². The van der Waals surface area contributed by atoms with Gasteiger partial charge in [0.15, 0.2) is 0 Å². The van der Waals surface area contributed by atoms with E-state index in [1.165, 1.54) is 61.9 Å². The van der Waals surface area contributed by atoms with Gasteiger partial charge in [-0.2, -0.15) is 4.80 Å². The molecule has 0 spiro atoms. The zero-order valence-electron chi connectivity index (χ0n) is 16.7. The number of aromatic nitrogens is 4. The lowest BCUT2D eigenvalue weighted by Crippen LogP contribution is -2.33. The van der Waals surface area contributed by atoms with Gasteiger partial charge in [0, 0.05) is 5.56 Å². The molecule has 0 aliphatic heterocycles. The molecule has 1 heterocycles. The van der Waals surface area contributed by atoms with Gasteiger partial charge in [-0.05, 0) is 11.6 Å². The summed E-state index contributed by atoms with van der Waals surface area (Å²) in [6.45, 7) is 2.73. The monoisotopic (exact) mass is 390 g/mol. The summed E-state index contributed by atoms with van der Waals surface area (Å²) in [6, 6.07) is 7.69. The van der Waals surface area contributed by atoms with E-state index in [0.717, 1.165) is 19.3 Å². The van der Waals surface area contributed by atoms with Crippen LogP contribution in [0.4, 0.5) is 4.39 Å². The molecule has 1 unspecified atom stereocenters. The van der Waals surface area contributed by atoms with E-state index in [-0.39, 0.29) is 5.56 Å². The van der Waals surface area contributed by atoms with Crippen molar-refractivity contribution in [1.82, 2.24) is 20.2 Å². The van der Waals surface area contributed by atoms with E-state index >= 15 is 4.39 Å². The number of aliphatic carboxylic acids is 1. The van der Waals surface area contributed by atoms with Gasteiger partial charge in [0.05, 0.1) is 6.54 Å². The molecule has 0 bridgehead atoms. The predicted octanol–water partition coefficient (Wildman–Crippen LogP) is 4.89. The largest absolute Gasteiger partial charge is 0.478 e. The Morgan fingerprint density at radius 2 is 1.57 bits per heavy atom. The second-order valence-electron chi connectivity index (χ2n) is 7.22. The van der Waals surface area contributed by atoms with Crippen LogP contribution in [0.5, 0.6) is 0 Å². The van der Waals surface area contributed by atoms with Gasteiger partial charge in [0.25, 0.3) is 5.67 Å². The number of nitrogens with zero attached hydrogens (tertiary/aromatic N) is 4. The Labute approximate surface area is 166 Å². The van der Waals surface area contributed by atoms with Gasteiger partial charge < -0.3 is 5.11 Å². The number of benzene rings is 1. The average molecular weight is 391 g/mol. The Morgan fingerprint density at radius 1 is 1.00 bits per heavy atom. The van der Waals surface area contributed by atoms with Crippen molar-refractivity contribution in [1.29, 1.82) is 0 Å². The van der Waals surface area contributed by atoms with Crippen LogP contribution in [-0.4, -0.2) is 31.3 Å². The SMILES string of the molecule is CCCCCCCCCCCCn1nnc(C(F)(C(=O)O)c2ccccc2)n1. The Hall–Kier alpha value is -2.31. The summed E-state index contributed by atoms with van der Waals surface area (Å²) in [4.78, 5) is 12.9. The van der Waals surface area contributed by atoms with E-state index in [9.17, 15) is 9.90 Å².